The molecule has 11 heavy (non-hydrogen) atoms. The summed E-state index contributed by atoms with van der Waals surface area (Å²) in [6, 6.07) is 0. The predicted octanol–water partition coefficient (Wildman–Crippen LogP) is 0.260. The summed E-state index contributed by atoms with van der Waals surface area (Å²) in [6.07, 6.45) is 5.18. The minimum Gasteiger partial charge on any atom is -0.306 e. The van der Waals surface area contributed by atoms with Gasteiger partial charge < -0.3 is 5.73 Å². The maximum Gasteiger partial charge on any atom is 0.120 e. The zero-order valence-electron chi connectivity index (χ0n) is 5.77. The molecule has 1 atom stereocenters. The largest absolute Gasteiger partial charge is 0.306 e. The Balaban J connectivity index is 2.48. The van der Waals surface area contributed by atoms with E-state index >= 15 is 0 Å². The lowest BCUT2D eigenvalue weighted by Gasteiger charge is -2.24. The molecule has 1 unspecified atom stereocenters. The Morgan fingerprint density at radius 3 is 3.27 bits per heavy atom. The van der Waals surface area contributed by atoms with Crippen molar-refractivity contribution in [3.05, 3.63) is 22.8 Å². The molecule has 1 aliphatic heterocycles. The normalized spacial score (nSPS) is 22.0. The third kappa shape index (κ3) is 0.936. The van der Waals surface area contributed by atoms with Crippen LogP contribution < -0.4 is 11.6 Å². The molecule has 1 aromatic rings. The standard InChI is InChI=1S/C6H8N4S/c7-6-4-3-9-11-5(4)1-2-10(6)8/h1-3,6H,7-8H2. The second-order valence-electron chi connectivity index (χ2n) is 2.35. The van der Waals surface area contributed by atoms with E-state index in [1.165, 1.54) is 16.5 Å². The van der Waals surface area contributed by atoms with Gasteiger partial charge in [0.1, 0.15) is 6.17 Å². The molecule has 2 heterocycles. The average Bonchev–Trinajstić information content (AvgIpc) is 2.45. The van der Waals surface area contributed by atoms with Crippen LogP contribution in [-0.4, -0.2) is 9.38 Å². The summed E-state index contributed by atoms with van der Waals surface area (Å²) in [5.74, 6) is 5.55. The van der Waals surface area contributed by atoms with Crippen molar-refractivity contribution in [2.45, 2.75) is 6.17 Å². The average molecular weight is 168 g/mol. The summed E-state index contributed by atoms with van der Waals surface area (Å²) >= 11 is 1.43. The fourth-order valence-electron chi connectivity index (χ4n) is 1.01. The monoisotopic (exact) mass is 168 g/mol. The van der Waals surface area contributed by atoms with Crippen molar-refractivity contribution in [2.24, 2.45) is 11.6 Å². The molecule has 0 fully saturated rings. The zero-order chi connectivity index (χ0) is 7.84. The molecule has 0 saturated carbocycles. The number of fused-ring (bicyclic) bond motifs is 1. The number of hydrazine groups is 1. The van der Waals surface area contributed by atoms with Gasteiger partial charge in [0.25, 0.3) is 0 Å². The lowest BCUT2D eigenvalue weighted by molar-refractivity contribution is 0.294. The highest BCUT2D eigenvalue weighted by molar-refractivity contribution is 7.06. The minimum atomic E-state index is -0.242. The van der Waals surface area contributed by atoms with Gasteiger partial charge in [-0.25, -0.2) is 10.2 Å². The molecule has 0 saturated heterocycles. The SMILES string of the molecule is NC1c2cnsc2C=CN1N. The van der Waals surface area contributed by atoms with E-state index in [0.29, 0.717) is 0 Å². The van der Waals surface area contributed by atoms with Crippen LogP contribution in [0.1, 0.15) is 16.6 Å². The third-order valence-corrected chi connectivity index (χ3v) is 2.44. The van der Waals surface area contributed by atoms with Gasteiger partial charge >= 0.3 is 0 Å². The van der Waals surface area contributed by atoms with Crippen LogP contribution in [0.4, 0.5) is 0 Å². The minimum absolute atomic E-state index is 0.242. The molecule has 0 spiro atoms. The number of hydrogen-bond donors (Lipinski definition) is 2. The van der Waals surface area contributed by atoms with Crippen molar-refractivity contribution in [1.29, 1.82) is 0 Å². The van der Waals surface area contributed by atoms with Gasteiger partial charge in [0.15, 0.2) is 0 Å². The van der Waals surface area contributed by atoms with Gasteiger partial charge in [-0.15, -0.1) is 0 Å². The van der Waals surface area contributed by atoms with Crippen molar-refractivity contribution in [2.75, 3.05) is 0 Å². The van der Waals surface area contributed by atoms with Crippen LogP contribution in [0.5, 0.6) is 0 Å². The van der Waals surface area contributed by atoms with Crippen LogP contribution in [0.2, 0.25) is 0 Å². The van der Waals surface area contributed by atoms with E-state index in [-0.39, 0.29) is 6.17 Å². The van der Waals surface area contributed by atoms with Gasteiger partial charge in [-0.3, -0.25) is 5.01 Å². The Kier molecular flexibility index (Phi) is 1.42. The van der Waals surface area contributed by atoms with E-state index in [1.807, 2.05) is 6.08 Å². The highest BCUT2D eigenvalue weighted by Gasteiger charge is 2.18. The Morgan fingerprint density at radius 1 is 1.64 bits per heavy atom. The van der Waals surface area contributed by atoms with Crippen LogP contribution in [0.15, 0.2) is 12.4 Å². The molecule has 4 N–H and O–H groups in total. The molecule has 0 bridgehead atoms. The fraction of sp³-hybridized carbons (Fsp3) is 0.167. The summed E-state index contributed by atoms with van der Waals surface area (Å²) < 4.78 is 4.02. The lowest BCUT2D eigenvalue weighted by Crippen LogP contribution is -2.37. The first-order valence-electron chi connectivity index (χ1n) is 3.20. The highest BCUT2D eigenvalue weighted by atomic mass is 32.1. The maximum absolute atomic E-state index is 5.75. The number of rotatable bonds is 0. The topological polar surface area (TPSA) is 68.2 Å². The van der Waals surface area contributed by atoms with Crippen molar-refractivity contribution in [3.8, 4) is 0 Å². The van der Waals surface area contributed by atoms with Gasteiger partial charge in [0.2, 0.25) is 0 Å². The van der Waals surface area contributed by atoms with E-state index in [2.05, 4.69) is 4.37 Å². The smallest absolute Gasteiger partial charge is 0.120 e. The Morgan fingerprint density at radius 2 is 2.45 bits per heavy atom. The van der Waals surface area contributed by atoms with Gasteiger partial charge in [-0.2, -0.15) is 0 Å². The lowest BCUT2D eigenvalue weighted by atomic mass is 10.2. The van der Waals surface area contributed by atoms with E-state index in [4.69, 9.17) is 11.6 Å². The molecule has 58 valence electrons. The van der Waals surface area contributed by atoms with Crippen LogP contribution in [-0.2, 0) is 0 Å². The first-order valence-corrected chi connectivity index (χ1v) is 3.98. The third-order valence-electron chi connectivity index (χ3n) is 1.67. The molecular weight excluding hydrogens is 160 g/mol. The van der Waals surface area contributed by atoms with Crippen LogP contribution in [0.25, 0.3) is 6.08 Å². The molecule has 0 aliphatic carbocycles. The van der Waals surface area contributed by atoms with E-state index in [9.17, 15) is 0 Å². The zero-order valence-corrected chi connectivity index (χ0v) is 6.58. The first-order chi connectivity index (χ1) is 5.29. The second kappa shape index (κ2) is 2.30. The number of aromatic nitrogens is 1. The van der Waals surface area contributed by atoms with Gasteiger partial charge in [0, 0.05) is 18.0 Å². The van der Waals surface area contributed by atoms with Gasteiger partial charge in [-0.1, -0.05) is 0 Å². The van der Waals surface area contributed by atoms with E-state index in [0.717, 1.165) is 10.4 Å². The van der Waals surface area contributed by atoms with E-state index < -0.39 is 0 Å². The summed E-state index contributed by atoms with van der Waals surface area (Å²) in [5, 5.41) is 1.47. The van der Waals surface area contributed by atoms with Crippen molar-refractivity contribution in [3.63, 3.8) is 0 Å². The molecule has 1 aliphatic rings. The van der Waals surface area contributed by atoms with Crippen LogP contribution in [0, 0.1) is 0 Å². The molecule has 0 amide bonds. The molecule has 5 heteroatoms. The maximum atomic E-state index is 5.75. The highest BCUT2D eigenvalue weighted by Crippen LogP contribution is 2.26. The number of hydrogen-bond acceptors (Lipinski definition) is 5. The molecular formula is C6H8N4S. The Bertz CT molecular complexity index is 293. The van der Waals surface area contributed by atoms with E-state index in [1.54, 1.807) is 12.4 Å². The van der Waals surface area contributed by atoms with Crippen LogP contribution >= 0.6 is 11.5 Å². The van der Waals surface area contributed by atoms with Gasteiger partial charge in [-0.05, 0) is 17.6 Å². The Hall–Kier alpha value is -0.910. The second-order valence-corrected chi connectivity index (χ2v) is 3.19. The fourth-order valence-corrected chi connectivity index (χ4v) is 1.69. The summed E-state index contributed by atoms with van der Waals surface area (Å²) in [4.78, 5) is 1.10. The van der Waals surface area contributed by atoms with Crippen LogP contribution in [0.3, 0.4) is 0 Å². The van der Waals surface area contributed by atoms with Gasteiger partial charge in [0.05, 0.1) is 4.88 Å². The van der Waals surface area contributed by atoms with Crippen molar-refractivity contribution in [1.82, 2.24) is 9.38 Å². The molecule has 1 aromatic heterocycles. The number of nitrogens with two attached hydrogens (primary N) is 2. The molecule has 4 nitrogen and oxygen atoms in total. The first kappa shape index (κ1) is 6.78. The summed E-state index contributed by atoms with van der Waals surface area (Å²) in [5.41, 5.74) is 6.75. The quantitative estimate of drug-likeness (QED) is 0.545. The van der Waals surface area contributed by atoms with Crippen molar-refractivity contribution < 1.29 is 0 Å². The number of nitrogens with zero attached hydrogens (tertiary/aromatic N) is 2. The summed E-state index contributed by atoms with van der Waals surface area (Å²) in [7, 11) is 0. The van der Waals surface area contributed by atoms with Crippen molar-refractivity contribution >= 4 is 17.6 Å². The molecule has 0 aromatic carbocycles. The predicted molar refractivity (Wildman–Crippen MR) is 44.1 cm³/mol. The molecule has 0 radical (unpaired) electrons. The summed E-state index contributed by atoms with van der Waals surface area (Å²) in [6.45, 7) is 0. The molecule has 2 rings (SSSR count). The Labute approximate surface area is 68.2 Å².